The molecule has 0 amide bonds. The Hall–Kier alpha value is -2.41. The molecule has 2 unspecified atom stereocenters. The molecule has 12 heteroatoms. The second-order valence-corrected chi connectivity index (χ2v) is 9.62. The van der Waals surface area contributed by atoms with Gasteiger partial charge in [0, 0.05) is 30.2 Å². The van der Waals surface area contributed by atoms with Gasteiger partial charge < -0.3 is 20.6 Å². The summed E-state index contributed by atoms with van der Waals surface area (Å²) < 4.78 is 28.7. The summed E-state index contributed by atoms with van der Waals surface area (Å²) >= 11 is 1.46. The highest BCUT2D eigenvalue weighted by molar-refractivity contribution is 7.99. The number of halogens is 2. The van der Waals surface area contributed by atoms with Gasteiger partial charge in [0.15, 0.2) is 22.1 Å². The number of fused-ring (bicyclic) bond motifs is 1. The van der Waals surface area contributed by atoms with E-state index in [-0.39, 0.29) is 18.4 Å². The van der Waals surface area contributed by atoms with Crippen molar-refractivity contribution in [3.8, 4) is 0 Å². The van der Waals surface area contributed by atoms with Crippen molar-refractivity contribution in [1.82, 2.24) is 25.0 Å². The summed E-state index contributed by atoms with van der Waals surface area (Å²) in [6.45, 7) is 2.04. The molecule has 0 radical (unpaired) electrons. The van der Waals surface area contributed by atoms with Crippen LogP contribution in [0, 0.1) is 11.6 Å². The average molecular weight is 479 g/mol. The van der Waals surface area contributed by atoms with Crippen LogP contribution in [-0.2, 0) is 0 Å². The SMILES string of the molecule is CCCSc1nc(NC2CC2c2cc(F)cc(F)c2)c2nnn([C@H]3C[C@@H](O)[C@H](O)[C@@H]3O)c2n1. The molecule has 2 saturated carbocycles. The van der Waals surface area contributed by atoms with Crippen molar-refractivity contribution in [2.75, 3.05) is 11.1 Å². The largest absolute Gasteiger partial charge is 0.390 e. The molecule has 2 aromatic heterocycles. The molecule has 0 saturated heterocycles. The third kappa shape index (κ3) is 4.27. The van der Waals surface area contributed by atoms with E-state index in [0.717, 1.165) is 18.2 Å². The Bertz CT molecular complexity index is 1160. The minimum atomic E-state index is -1.28. The second kappa shape index (κ2) is 8.75. The number of aromatic nitrogens is 5. The molecule has 3 aromatic rings. The zero-order valence-electron chi connectivity index (χ0n) is 17.8. The molecule has 5 rings (SSSR count). The van der Waals surface area contributed by atoms with Crippen molar-refractivity contribution in [3.63, 3.8) is 0 Å². The highest BCUT2D eigenvalue weighted by atomic mass is 32.2. The standard InChI is InChI=1S/C21H24F2N6O3S/c1-2-3-33-21-25-19(24-13-7-12(13)9-4-10(22)6-11(23)5-9)16-20(26-21)29(28-27-16)14-8-15(30)18(32)17(14)31/h4-6,12-15,17-18,30-32H,2-3,7-8H2,1H3,(H,24,25,26)/t12?,13?,14-,15+,17+,18-/m0/s1. The highest BCUT2D eigenvalue weighted by Gasteiger charge is 2.44. The van der Waals surface area contributed by atoms with E-state index in [2.05, 4.69) is 25.6 Å². The topological polar surface area (TPSA) is 129 Å². The fourth-order valence-electron chi connectivity index (χ4n) is 4.31. The predicted octanol–water partition coefficient (Wildman–Crippen LogP) is 2.00. The number of anilines is 1. The Morgan fingerprint density at radius 3 is 2.52 bits per heavy atom. The van der Waals surface area contributed by atoms with Crippen molar-refractivity contribution >= 4 is 28.7 Å². The number of thioether (sulfide) groups is 1. The number of aliphatic hydroxyl groups is 3. The molecule has 0 spiro atoms. The normalized spacial score (nSPS) is 29.0. The summed E-state index contributed by atoms with van der Waals surface area (Å²) in [7, 11) is 0. The quantitative estimate of drug-likeness (QED) is 0.298. The zero-order chi connectivity index (χ0) is 23.3. The Morgan fingerprint density at radius 1 is 1.09 bits per heavy atom. The van der Waals surface area contributed by atoms with E-state index >= 15 is 0 Å². The van der Waals surface area contributed by atoms with E-state index in [0.29, 0.717) is 34.1 Å². The van der Waals surface area contributed by atoms with Crippen LogP contribution in [0.2, 0.25) is 0 Å². The molecular formula is C21H24F2N6O3S. The molecular weight excluding hydrogens is 454 g/mol. The number of aliphatic hydroxyl groups excluding tert-OH is 3. The van der Waals surface area contributed by atoms with Gasteiger partial charge in [0.05, 0.1) is 12.1 Å². The monoisotopic (exact) mass is 478 g/mol. The second-order valence-electron chi connectivity index (χ2n) is 8.56. The summed E-state index contributed by atoms with van der Waals surface area (Å²) in [5.41, 5.74) is 1.34. The van der Waals surface area contributed by atoms with Gasteiger partial charge in [-0.15, -0.1) is 5.10 Å². The van der Waals surface area contributed by atoms with Crippen molar-refractivity contribution in [3.05, 3.63) is 35.4 Å². The summed E-state index contributed by atoms with van der Waals surface area (Å²) in [5, 5.41) is 42.5. The van der Waals surface area contributed by atoms with Crippen molar-refractivity contribution in [2.45, 2.75) is 67.7 Å². The van der Waals surface area contributed by atoms with Crippen LogP contribution >= 0.6 is 11.8 Å². The first-order valence-corrected chi connectivity index (χ1v) is 11.9. The molecule has 4 N–H and O–H groups in total. The van der Waals surface area contributed by atoms with E-state index in [1.54, 1.807) is 0 Å². The van der Waals surface area contributed by atoms with Crippen LogP contribution < -0.4 is 5.32 Å². The Kier molecular flexibility index (Phi) is 5.93. The van der Waals surface area contributed by atoms with Crippen molar-refractivity contribution in [1.29, 1.82) is 0 Å². The molecule has 176 valence electrons. The molecule has 1 aromatic carbocycles. The molecule has 2 fully saturated rings. The van der Waals surface area contributed by atoms with E-state index in [9.17, 15) is 24.1 Å². The lowest BCUT2D eigenvalue weighted by atomic mass is 10.1. The molecule has 0 aliphatic heterocycles. The number of rotatable bonds is 7. The van der Waals surface area contributed by atoms with Gasteiger partial charge in [-0.2, -0.15) is 0 Å². The molecule has 0 bridgehead atoms. The summed E-state index contributed by atoms with van der Waals surface area (Å²) in [4.78, 5) is 9.15. The van der Waals surface area contributed by atoms with Crippen LogP contribution in [0.5, 0.6) is 0 Å². The summed E-state index contributed by atoms with van der Waals surface area (Å²) in [6, 6.07) is 2.75. The Labute approximate surface area is 192 Å². The maximum Gasteiger partial charge on any atom is 0.191 e. The van der Waals surface area contributed by atoms with E-state index < -0.39 is 36.0 Å². The number of nitrogens with zero attached hydrogens (tertiary/aromatic N) is 5. The summed E-state index contributed by atoms with van der Waals surface area (Å²) in [5.74, 6) is -0.0433. The number of nitrogens with one attached hydrogen (secondary N) is 1. The predicted molar refractivity (Wildman–Crippen MR) is 117 cm³/mol. The Balaban J connectivity index is 1.46. The smallest absolute Gasteiger partial charge is 0.191 e. The first-order chi connectivity index (χ1) is 15.9. The summed E-state index contributed by atoms with van der Waals surface area (Å²) in [6.07, 6.45) is -1.85. The van der Waals surface area contributed by atoms with Crippen molar-refractivity contribution < 1.29 is 24.1 Å². The van der Waals surface area contributed by atoms with Crippen LogP contribution in [0.4, 0.5) is 14.6 Å². The van der Waals surface area contributed by atoms with Gasteiger partial charge in [0.2, 0.25) is 0 Å². The fraction of sp³-hybridized carbons (Fsp3) is 0.524. The number of benzene rings is 1. The maximum atomic E-state index is 13.6. The van der Waals surface area contributed by atoms with Crippen molar-refractivity contribution in [2.24, 2.45) is 0 Å². The van der Waals surface area contributed by atoms with Gasteiger partial charge in [-0.25, -0.2) is 23.4 Å². The van der Waals surface area contributed by atoms with Gasteiger partial charge in [-0.1, -0.05) is 23.9 Å². The van der Waals surface area contributed by atoms with Crippen LogP contribution in [0.15, 0.2) is 23.4 Å². The lowest BCUT2D eigenvalue weighted by Gasteiger charge is -2.16. The molecule has 6 atom stereocenters. The van der Waals surface area contributed by atoms with Gasteiger partial charge >= 0.3 is 0 Å². The van der Waals surface area contributed by atoms with Crippen LogP contribution in [0.25, 0.3) is 11.2 Å². The molecule has 9 nitrogen and oxygen atoms in total. The third-order valence-corrected chi connectivity index (χ3v) is 7.15. The van der Waals surface area contributed by atoms with Gasteiger partial charge in [-0.3, -0.25) is 0 Å². The molecule has 33 heavy (non-hydrogen) atoms. The number of hydrogen-bond acceptors (Lipinski definition) is 9. The minimum absolute atomic E-state index is 0.0658. The van der Waals surface area contributed by atoms with Gasteiger partial charge in [-0.05, 0) is 30.5 Å². The van der Waals surface area contributed by atoms with E-state index in [4.69, 9.17) is 0 Å². The van der Waals surface area contributed by atoms with E-state index in [1.807, 2.05) is 6.92 Å². The highest BCUT2D eigenvalue weighted by Crippen LogP contribution is 2.44. The zero-order valence-corrected chi connectivity index (χ0v) is 18.6. The molecule has 2 heterocycles. The maximum absolute atomic E-state index is 13.6. The fourth-order valence-corrected chi connectivity index (χ4v) is 5.00. The van der Waals surface area contributed by atoms with Crippen LogP contribution in [0.1, 0.15) is 43.7 Å². The average Bonchev–Trinajstić information content (AvgIpc) is 3.34. The Morgan fingerprint density at radius 2 is 1.85 bits per heavy atom. The van der Waals surface area contributed by atoms with Gasteiger partial charge in [0.25, 0.3) is 0 Å². The van der Waals surface area contributed by atoms with Gasteiger partial charge in [0.1, 0.15) is 23.8 Å². The van der Waals surface area contributed by atoms with Crippen LogP contribution in [-0.4, -0.2) is 70.4 Å². The lowest BCUT2D eigenvalue weighted by Crippen LogP contribution is -2.31. The molecule has 2 aliphatic carbocycles. The minimum Gasteiger partial charge on any atom is -0.390 e. The van der Waals surface area contributed by atoms with E-state index in [1.165, 1.54) is 28.6 Å². The lowest BCUT2D eigenvalue weighted by molar-refractivity contribution is -0.0253. The first-order valence-electron chi connectivity index (χ1n) is 10.9. The number of hydrogen-bond donors (Lipinski definition) is 4. The molecule has 2 aliphatic rings. The third-order valence-electron chi connectivity index (χ3n) is 6.10. The van der Waals surface area contributed by atoms with Crippen LogP contribution in [0.3, 0.4) is 0 Å². The first kappa shape index (κ1) is 22.4.